The zero-order valence-electron chi connectivity index (χ0n) is 13.5. The van der Waals surface area contributed by atoms with Crippen LogP contribution in [0.15, 0.2) is 18.2 Å². The highest BCUT2D eigenvalue weighted by Crippen LogP contribution is 2.25. The summed E-state index contributed by atoms with van der Waals surface area (Å²) in [5.74, 6) is 0.957. The molecule has 0 saturated carbocycles. The Kier molecular flexibility index (Phi) is 6.33. The van der Waals surface area contributed by atoms with Crippen molar-refractivity contribution >= 4 is 5.69 Å². The zero-order valence-corrected chi connectivity index (χ0v) is 13.5. The van der Waals surface area contributed by atoms with Gasteiger partial charge in [-0.3, -0.25) is 0 Å². The lowest BCUT2D eigenvalue weighted by Crippen LogP contribution is -2.27. The van der Waals surface area contributed by atoms with Crippen molar-refractivity contribution in [3.8, 4) is 5.75 Å². The summed E-state index contributed by atoms with van der Waals surface area (Å²) in [6.45, 7) is 11.8. The third-order valence-corrected chi connectivity index (χ3v) is 3.66. The van der Waals surface area contributed by atoms with Crippen LogP contribution >= 0.6 is 0 Å². The third kappa shape index (κ3) is 5.21. The molecule has 4 heteroatoms. The molecular weight excluding hydrogens is 264 g/mol. The highest BCUT2D eigenvalue weighted by Gasteiger charge is 2.11. The normalized spacial score (nSPS) is 16.1. The lowest BCUT2D eigenvalue weighted by Gasteiger charge is -2.23. The Morgan fingerprint density at radius 1 is 1.19 bits per heavy atom. The Balaban J connectivity index is 1.90. The second kappa shape index (κ2) is 8.25. The van der Waals surface area contributed by atoms with Crippen molar-refractivity contribution in [1.82, 2.24) is 5.32 Å². The van der Waals surface area contributed by atoms with Gasteiger partial charge in [-0.2, -0.15) is 0 Å². The number of aryl methyl sites for hydroxylation is 1. The van der Waals surface area contributed by atoms with Crippen LogP contribution in [0.25, 0.3) is 0 Å². The van der Waals surface area contributed by atoms with E-state index in [4.69, 9.17) is 9.47 Å². The molecule has 0 aromatic heterocycles. The lowest BCUT2D eigenvalue weighted by atomic mass is 10.2. The van der Waals surface area contributed by atoms with Crippen LogP contribution in [-0.2, 0) is 4.74 Å². The predicted octanol–water partition coefficient (Wildman–Crippen LogP) is 2.60. The van der Waals surface area contributed by atoms with Gasteiger partial charge in [-0.25, -0.2) is 0 Å². The van der Waals surface area contributed by atoms with Crippen LogP contribution in [0.1, 0.15) is 25.8 Å². The van der Waals surface area contributed by atoms with Crippen molar-refractivity contribution in [3.05, 3.63) is 23.8 Å². The third-order valence-electron chi connectivity index (χ3n) is 3.66. The van der Waals surface area contributed by atoms with Crippen LogP contribution in [0.3, 0.4) is 0 Å². The van der Waals surface area contributed by atoms with Crippen molar-refractivity contribution in [2.24, 2.45) is 0 Å². The van der Waals surface area contributed by atoms with E-state index in [1.807, 2.05) is 13.8 Å². The molecule has 2 rings (SSSR count). The van der Waals surface area contributed by atoms with Crippen LogP contribution in [-0.4, -0.2) is 45.5 Å². The minimum absolute atomic E-state index is 0.258. The molecule has 0 bridgehead atoms. The zero-order chi connectivity index (χ0) is 15.1. The van der Waals surface area contributed by atoms with E-state index in [0.29, 0.717) is 13.2 Å². The van der Waals surface area contributed by atoms with E-state index in [9.17, 15) is 0 Å². The largest absolute Gasteiger partial charge is 0.491 e. The number of ether oxygens (including phenoxy) is 2. The number of hydrogen-bond donors (Lipinski definition) is 1. The van der Waals surface area contributed by atoms with Gasteiger partial charge in [-0.05, 0) is 57.5 Å². The Hall–Kier alpha value is -1.26. The molecule has 0 radical (unpaired) electrons. The molecule has 0 aliphatic carbocycles. The SMILES string of the molecule is Cc1cc(N2CCCNCC2)ccc1OCCOC(C)C. The monoisotopic (exact) mass is 292 g/mol. The van der Waals surface area contributed by atoms with E-state index < -0.39 is 0 Å². The van der Waals surface area contributed by atoms with E-state index in [1.165, 1.54) is 17.7 Å². The molecule has 1 aliphatic rings. The van der Waals surface area contributed by atoms with Gasteiger partial charge >= 0.3 is 0 Å². The first-order valence-corrected chi connectivity index (χ1v) is 7.97. The lowest BCUT2D eigenvalue weighted by molar-refractivity contribution is 0.0551. The molecule has 118 valence electrons. The Morgan fingerprint density at radius 2 is 2.05 bits per heavy atom. The van der Waals surface area contributed by atoms with Gasteiger partial charge < -0.3 is 19.7 Å². The molecule has 0 amide bonds. The van der Waals surface area contributed by atoms with Crippen LogP contribution in [0.5, 0.6) is 5.75 Å². The van der Waals surface area contributed by atoms with Gasteiger partial charge in [0.05, 0.1) is 12.7 Å². The molecule has 1 fully saturated rings. The quantitative estimate of drug-likeness (QED) is 0.817. The molecular formula is C17H28N2O2. The molecule has 1 aliphatic heterocycles. The molecule has 1 aromatic carbocycles. The minimum atomic E-state index is 0.258. The summed E-state index contributed by atoms with van der Waals surface area (Å²) >= 11 is 0. The molecule has 1 saturated heterocycles. The molecule has 1 N–H and O–H groups in total. The summed E-state index contributed by atoms with van der Waals surface area (Å²) in [7, 11) is 0. The second-order valence-corrected chi connectivity index (χ2v) is 5.81. The summed E-state index contributed by atoms with van der Waals surface area (Å²) in [4.78, 5) is 2.44. The van der Waals surface area contributed by atoms with Gasteiger partial charge in [0.15, 0.2) is 0 Å². The minimum Gasteiger partial charge on any atom is -0.491 e. The molecule has 21 heavy (non-hydrogen) atoms. The standard InChI is InChI=1S/C17H28N2O2/c1-14(2)20-11-12-21-17-6-5-16(13-15(17)3)19-9-4-7-18-8-10-19/h5-6,13-14,18H,4,7-12H2,1-3H3. The fraction of sp³-hybridized carbons (Fsp3) is 0.647. The van der Waals surface area contributed by atoms with Gasteiger partial charge in [0, 0.05) is 25.3 Å². The van der Waals surface area contributed by atoms with Gasteiger partial charge in [-0.15, -0.1) is 0 Å². The average molecular weight is 292 g/mol. The first kappa shape index (κ1) is 16.1. The van der Waals surface area contributed by atoms with Crippen LogP contribution in [0.4, 0.5) is 5.69 Å². The van der Waals surface area contributed by atoms with Crippen molar-refractivity contribution in [1.29, 1.82) is 0 Å². The molecule has 0 spiro atoms. The van der Waals surface area contributed by atoms with Crippen LogP contribution in [0, 0.1) is 6.92 Å². The first-order valence-electron chi connectivity index (χ1n) is 7.97. The predicted molar refractivity (Wildman–Crippen MR) is 87.5 cm³/mol. The van der Waals surface area contributed by atoms with Crippen molar-refractivity contribution < 1.29 is 9.47 Å². The Bertz CT molecular complexity index is 427. The Morgan fingerprint density at radius 3 is 2.81 bits per heavy atom. The van der Waals surface area contributed by atoms with Gasteiger partial charge in [0.2, 0.25) is 0 Å². The summed E-state index contributed by atoms with van der Waals surface area (Å²) in [6.07, 6.45) is 1.46. The van der Waals surface area contributed by atoms with E-state index in [-0.39, 0.29) is 6.10 Å². The van der Waals surface area contributed by atoms with Gasteiger partial charge in [0.25, 0.3) is 0 Å². The summed E-state index contributed by atoms with van der Waals surface area (Å²) in [5.41, 5.74) is 2.48. The number of nitrogens with zero attached hydrogens (tertiary/aromatic N) is 1. The van der Waals surface area contributed by atoms with Gasteiger partial charge in [-0.1, -0.05) is 0 Å². The molecule has 1 heterocycles. The first-order chi connectivity index (χ1) is 10.2. The topological polar surface area (TPSA) is 33.7 Å². The van der Waals surface area contributed by atoms with Crippen LogP contribution < -0.4 is 15.0 Å². The number of benzene rings is 1. The number of nitrogens with one attached hydrogen (secondary N) is 1. The Labute approximate surface area is 128 Å². The maximum Gasteiger partial charge on any atom is 0.122 e. The summed E-state index contributed by atoms with van der Waals surface area (Å²) in [5, 5.41) is 3.44. The van der Waals surface area contributed by atoms with Gasteiger partial charge in [0.1, 0.15) is 12.4 Å². The fourth-order valence-electron chi connectivity index (χ4n) is 2.53. The maximum absolute atomic E-state index is 5.80. The molecule has 0 atom stereocenters. The highest BCUT2D eigenvalue weighted by molar-refractivity contribution is 5.53. The average Bonchev–Trinajstić information content (AvgIpc) is 2.73. The van der Waals surface area contributed by atoms with Crippen molar-refractivity contribution in [2.45, 2.75) is 33.3 Å². The smallest absolute Gasteiger partial charge is 0.122 e. The van der Waals surface area contributed by atoms with E-state index in [1.54, 1.807) is 0 Å². The van der Waals surface area contributed by atoms with E-state index in [0.717, 1.165) is 31.9 Å². The summed E-state index contributed by atoms with van der Waals surface area (Å²) in [6, 6.07) is 6.47. The molecule has 4 nitrogen and oxygen atoms in total. The van der Waals surface area contributed by atoms with Crippen molar-refractivity contribution in [3.63, 3.8) is 0 Å². The van der Waals surface area contributed by atoms with E-state index in [2.05, 4.69) is 35.3 Å². The fourth-order valence-corrected chi connectivity index (χ4v) is 2.53. The van der Waals surface area contributed by atoms with E-state index >= 15 is 0 Å². The number of rotatable bonds is 6. The van der Waals surface area contributed by atoms with Crippen LogP contribution in [0.2, 0.25) is 0 Å². The summed E-state index contributed by atoms with van der Waals surface area (Å²) < 4.78 is 11.3. The highest BCUT2D eigenvalue weighted by atomic mass is 16.5. The maximum atomic E-state index is 5.80. The molecule has 0 unspecified atom stereocenters. The van der Waals surface area contributed by atoms with Crippen molar-refractivity contribution in [2.75, 3.05) is 44.3 Å². The second-order valence-electron chi connectivity index (χ2n) is 5.81. The number of hydrogen-bond acceptors (Lipinski definition) is 4. The molecule has 1 aromatic rings. The number of anilines is 1.